The van der Waals surface area contributed by atoms with E-state index < -0.39 is 35.1 Å². The molecule has 2 aliphatic rings. The summed E-state index contributed by atoms with van der Waals surface area (Å²) in [5, 5.41) is 14.2. The summed E-state index contributed by atoms with van der Waals surface area (Å²) in [6.07, 6.45) is 1.41. The fourth-order valence-electron chi connectivity index (χ4n) is 5.53. The maximum absolute atomic E-state index is 13.5. The molecule has 1 saturated heterocycles. The standard InChI is InChI=1S/C27H27F2N3O4/c28-21-8-6-17(13-22(21)29)24(33)27(36)32-10-9-15-11-19(7-5-18(15)14-32)30-25(34)20-12-16-3-1-2-4-23(16)31-26(20)35/h1-4,6,8,12-13,15,18-19,24,33H,5,7,9-11,14H2,(H,30,34)(H,31,35). The van der Waals surface area contributed by atoms with E-state index in [1.54, 1.807) is 17.0 Å². The lowest BCUT2D eigenvalue weighted by atomic mass is 9.73. The maximum atomic E-state index is 13.5. The Labute approximate surface area is 206 Å². The number of hydrogen-bond acceptors (Lipinski definition) is 4. The van der Waals surface area contributed by atoms with Crippen LogP contribution in [0.5, 0.6) is 0 Å². The second kappa shape index (κ2) is 9.81. The van der Waals surface area contributed by atoms with Crippen LogP contribution < -0.4 is 10.9 Å². The minimum Gasteiger partial charge on any atom is -0.378 e. The molecule has 188 valence electrons. The van der Waals surface area contributed by atoms with Gasteiger partial charge in [-0.25, -0.2) is 8.78 Å². The molecule has 2 aromatic carbocycles. The number of nitrogens with zero attached hydrogens (tertiary/aromatic N) is 1. The molecule has 1 aliphatic carbocycles. The highest BCUT2D eigenvalue weighted by molar-refractivity contribution is 5.97. The van der Waals surface area contributed by atoms with Gasteiger partial charge in [0.25, 0.3) is 17.4 Å². The van der Waals surface area contributed by atoms with E-state index in [0.717, 1.165) is 30.4 Å². The number of carbonyl (C=O) groups is 2. The first kappa shape index (κ1) is 24.1. The van der Waals surface area contributed by atoms with E-state index in [0.29, 0.717) is 37.4 Å². The van der Waals surface area contributed by atoms with Gasteiger partial charge in [-0.3, -0.25) is 14.4 Å². The highest BCUT2D eigenvalue weighted by atomic mass is 19.2. The molecule has 2 amide bonds. The molecule has 0 radical (unpaired) electrons. The van der Waals surface area contributed by atoms with E-state index in [1.165, 1.54) is 6.07 Å². The van der Waals surface area contributed by atoms with E-state index in [4.69, 9.17) is 0 Å². The highest BCUT2D eigenvalue weighted by Crippen LogP contribution is 2.37. The third-order valence-corrected chi connectivity index (χ3v) is 7.50. The summed E-state index contributed by atoms with van der Waals surface area (Å²) >= 11 is 0. The first-order chi connectivity index (χ1) is 17.3. The van der Waals surface area contributed by atoms with Gasteiger partial charge in [-0.1, -0.05) is 24.3 Å². The predicted molar refractivity (Wildman–Crippen MR) is 129 cm³/mol. The zero-order chi connectivity index (χ0) is 25.4. The van der Waals surface area contributed by atoms with Gasteiger partial charge in [0.2, 0.25) is 0 Å². The number of aromatic nitrogens is 1. The average Bonchev–Trinajstić information content (AvgIpc) is 2.88. The van der Waals surface area contributed by atoms with Crippen LogP contribution in [0.1, 0.15) is 47.7 Å². The van der Waals surface area contributed by atoms with Crippen LogP contribution in [0.2, 0.25) is 0 Å². The second-order valence-corrected chi connectivity index (χ2v) is 9.75. The molecular weight excluding hydrogens is 468 g/mol. The van der Waals surface area contributed by atoms with Crippen molar-refractivity contribution < 1.29 is 23.5 Å². The first-order valence-corrected chi connectivity index (χ1v) is 12.1. The van der Waals surface area contributed by atoms with Gasteiger partial charge in [-0.2, -0.15) is 0 Å². The summed E-state index contributed by atoms with van der Waals surface area (Å²) < 4.78 is 26.7. The number of para-hydroxylation sites is 1. The summed E-state index contributed by atoms with van der Waals surface area (Å²) in [7, 11) is 0. The molecule has 7 nitrogen and oxygen atoms in total. The summed E-state index contributed by atoms with van der Waals surface area (Å²) in [6.45, 7) is 0.904. The lowest BCUT2D eigenvalue weighted by Gasteiger charge is -2.44. The molecule has 3 aromatic rings. The Balaban J connectivity index is 1.19. The van der Waals surface area contributed by atoms with E-state index >= 15 is 0 Å². The van der Waals surface area contributed by atoms with Crippen LogP contribution in [0.15, 0.2) is 53.3 Å². The van der Waals surface area contributed by atoms with Gasteiger partial charge in [0.15, 0.2) is 17.7 Å². The Morgan fingerprint density at radius 3 is 2.64 bits per heavy atom. The van der Waals surface area contributed by atoms with Crippen LogP contribution in [0.25, 0.3) is 10.9 Å². The van der Waals surface area contributed by atoms with E-state index in [9.17, 15) is 28.3 Å². The minimum atomic E-state index is -1.55. The molecule has 1 aromatic heterocycles. The minimum absolute atomic E-state index is 0.0242. The van der Waals surface area contributed by atoms with E-state index in [2.05, 4.69) is 10.3 Å². The third-order valence-electron chi connectivity index (χ3n) is 7.50. The van der Waals surface area contributed by atoms with Crippen LogP contribution >= 0.6 is 0 Å². The number of nitrogens with one attached hydrogen (secondary N) is 2. The number of rotatable bonds is 4. The van der Waals surface area contributed by atoms with Crippen LogP contribution in [0, 0.1) is 23.5 Å². The van der Waals surface area contributed by atoms with Gasteiger partial charge in [0, 0.05) is 24.6 Å². The van der Waals surface area contributed by atoms with Gasteiger partial charge in [0.1, 0.15) is 5.56 Å². The van der Waals surface area contributed by atoms with Gasteiger partial charge in [0.05, 0.1) is 0 Å². The molecule has 0 spiro atoms. The van der Waals surface area contributed by atoms with Gasteiger partial charge >= 0.3 is 0 Å². The van der Waals surface area contributed by atoms with E-state index in [1.807, 2.05) is 18.2 Å². The number of amides is 2. The molecule has 0 bridgehead atoms. The van der Waals surface area contributed by atoms with Crippen molar-refractivity contribution in [3.8, 4) is 0 Å². The number of pyridine rings is 1. The molecule has 3 N–H and O–H groups in total. The summed E-state index contributed by atoms with van der Waals surface area (Å²) in [6, 6.07) is 11.8. The monoisotopic (exact) mass is 495 g/mol. The third kappa shape index (κ3) is 4.75. The molecule has 1 saturated carbocycles. The van der Waals surface area contributed by atoms with Crippen molar-refractivity contribution >= 4 is 22.7 Å². The van der Waals surface area contributed by atoms with Crippen molar-refractivity contribution in [2.24, 2.45) is 11.8 Å². The molecule has 5 rings (SSSR count). The first-order valence-electron chi connectivity index (χ1n) is 12.1. The number of halogens is 2. The number of fused-ring (bicyclic) bond motifs is 2. The van der Waals surface area contributed by atoms with E-state index in [-0.39, 0.29) is 23.1 Å². The average molecular weight is 496 g/mol. The zero-order valence-electron chi connectivity index (χ0n) is 19.5. The largest absolute Gasteiger partial charge is 0.378 e. The molecule has 36 heavy (non-hydrogen) atoms. The quantitative estimate of drug-likeness (QED) is 0.517. The topological polar surface area (TPSA) is 102 Å². The number of carbonyl (C=O) groups excluding carboxylic acids is 2. The van der Waals surface area contributed by atoms with Crippen molar-refractivity contribution in [2.75, 3.05) is 13.1 Å². The molecule has 2 fully saturated rings. The number of hydrogen-bond donors (Lipinski definition) is 3. The number of aliphatic hydroxyl groups is 1. The van der Waals surface area contributed by atoms with Gasteiger partial charge < -0.3 is 20.3 Å². The molecule has 2 heterocycles. The van der Waals surface area contributed by atoms with Crippen LogP contribution in [-0.4, -0.2) is 45.9 Å². The number of H-pyrrole nitrogens is 1. The van der Waals surface area contributed by atoms with Crippen molar-refractivity contribution in [2.45, 2.75) is 37.8 Å². The van der Waals surface area contributed by atoms with Crippen molar-refractivity contribution in [1.82, 2.24) is 15.2 Å². The number of piperidine rings is 1. The highest BCUT2D eigenvalue weighted by Gasteiger charge is 2.38. The lowest BCUT2D eigenvalue weighted by molar-refractivity contribution is -0.143. The Bertz CT molecular complexity index is 1370. The molecule has 1 aliphatic heterocycles. The van der Waals surface area contributed by atoms with Crippen LogP contribution in [0.3, 0.4) is 0 Å². The maximum Gasteiger partial charge on any atom is 0.261 e. The normalized spacial score (nSPS) is 22.6. The van der Waals surface area contributed by atoms with Crippen molar-refractivity contribution in [3.05, 3.63) is 81.6 Å². The number of aromatic amines is 1. The van der Waals surface area contributed by atoms with Gasteiger partial charge in [-0.05, 0) is 72.7 Å². The van der Waals surface area contributed by atoms with Gasteiger partial charge in [-0.15, -0.1) is 0 Å². The number of likely N-dealkylation sites (tertiary alicyclic amines) is 1. The van der Waals surface area contributed by atoms with Crippen molar-refractivity contribution in [3.63, 3.8) is 0 Å². The van der Waals surface area contributed by atoms with Crippen LogP contribution in [-0.2, 0) is 4.79 Å². The Hall–Kier alpha value is -3.59. The summed E-state index contributed by atoms with van der Waals surface area (Å²) in [4.78, 5) is 42.5. The fraction of sp³-hybridized carbons (Fsp3) is 0.370. The smallest absolute Gasteiger partial charge is 0.261 e. The fourth-order valence-corrected chi connectivity index (χ4v) is 5.53. The molecule has 4 unspecified atom stereocenters. The molecular formula is C27H27F2N3O4. The summed E-state index contributed by atoms with van der Waals surface area (Å²) in [5.74, 6) is -2.55. The SMILES string of the molecule is O=C(NC1CCC2CN(C(=O)C(O)c3ccc(F)c(F)c3)CCC2C1)c1cc2ccccc2[nH]c1=O. The Morgan fingerprint density at radius 2 is 1.83 bits per heavy atom. The number of benzene rings is 2. The zero-order valence-corrected chi connectivity index (χ0v) is 19.5. The molecule has 4 atom stereocenters. The van der Waals surface area contributed by atoms with Crippen molar-refractivity contribution in [1.29, 1.82) is 0 Å². The second-order valence-electron chi connectivity index (χ2n) is 9.75. The lowest BCUT2D eigenvalue weighted by Crippen LogP contribution is -2.50. The number of aliphatic hydroxyl groups excluding tert-OH is 1. The van der Waals surface area contributed by atoms with Crippen LogP contribution in [0.4, 0.5) is 8.78 Å². The predicted octanol–water partition coefficient (Wildman–Crippen LogP) is 3.29. The summed E-state index contributed by atoms with van der Waals surface area (Å²) in [5.41, 5.74) is 0.362. The Morgan fingerprint density at radius 1 is 1.03 bits per heavy atom. The Kier molecular flexibility index (Phi) is 6.57. The molecule has 9 heteroatoms.